The van der Waals surface area contributed by atoms with E-state index < -0.39 is 0 Å². The Labute approximate surface area is 198 Å². The average Bonchev–Trinajstić information content (AvgIpc) is 3.49. The number of thiophene rings is 1. The lowest BCUT2D eigenvalue weighted by Crippen LogP contribution is -2.26. The Hall–Kier alpha value is -1.98. The zero-order valence-electron chi connectivity index (χ0n) is 18.9. The number of benzene rings is 1. The van der Waals surface area contributed by atoms with Crippen LogP contribution in [-0.2, 0) is 0 Å². The monoisotopic (exact) mass is 464 g/mol. The summed E-state index contributed by atoms with van der Waals surface area (Å²) in [6.45, 7) is 2.12. The maximum Gasteiger partial charge on any atom is 0.215 e. The lowest BCUT2D eigenvalue weighted by atomic mass is 9.94. The molecule has 2 fully saturated rings. The molecule has 0 radical (unpaired) electrons. The van der Waals surface area contributed by atoms with Crippen molar-refractivity contribution < 1.29 is 4.79 Å². The van der Waals surface area contributed by atoms with Gasteiger partial charge in [0.05, 0.1) is 16.6 Å². The molecule has 32 heavy (non-hydrogen) atoms. The summed E-state index contributed by atoms with van der Waals surface area (Å²) >= 11 is 3.17. The number of carbonyl (C=O) groups is 1. The zero-order chi connectivity index (χ0) is 21.9. The molecule has 3 nitrogen and oxygen atoms in total. The van der Waals surface area contributed by atoms with Crippen molar-refractivity contribution in [2.24, 2.45) is 4.99 Å². The van der Waals surface area contributed by atoms with E-state index in [1.165, 1.54) is 81.1 Å². The van der Waals surface area contributed by atoms with Gasteiger partial charge >= 0.3 is 0 Å². The van der Waals surface area contributed by atoms with Gasteiger partial charge in [0, 0.05) is 6.04 Å². The molecule has 0 spiro atoms. The van der Waals surface area contributed by atoms with Crippen LogP contribution in [0.4, 0.5) is 0 Å². The van der Waals surface area contributed by atoms with Gasteiger partial charge in [-0.25, -0.2) is 0 Å². The summed E-state index contributed by atoms with van der Waals surface area (Å²) in [5, 5.41) is 1.99. The molecule has 5 heteroatoms. The van der Waals surface area contributed by atoms with Gasteiger partial charge in [-0.15, -0.1) is 11.3 Å². The summed E-state index contributed by atoms with van der Waals surface area (Å²) in [6.07, 6.45) is 12.4. The first kappa shape index (κ1) is 21.8. The van der Waals surface area contributed by atoms with Crippen LogP contribution in [0, 0.1) is 6.92 Å². The molecule has 0 atom stereocenters. The van der Waals surface area contributed by atoms with Crippen molar-refractivity contribution in [1.82, 2.24) is 4.57 Å². The lowest BCUT2D eigenvalue weighted by molar-refractivity contribution is 0.104. The number of rotatable bonds is 5. The Morgan fingerprint density at radius 3 is 2.28 bits per heavy atom. The number of aromatic nitrogens is 1. The molecule has 2 aliphatic rings. The first-order valence-corrected chi connectivity index (χ1v) is 13.8. The molecule has 3 aromatic rings. The van der Waals surface area contributed by atoms with Gasteiger partial charge in [0.2, 0.25) is 5.78 Å². The molecule has 0 aliphatic heterocycles. The normalized spacial score (nSPS) is 18.8. The lowest BCUT2D eigenvalue weighted by Gasteiger charge is -2.26. The van der Waals surface area contributed by atoms with Gasteiger partial charge in [-0.2, -0.15) is 0 Å². The van der Waals surface area contributed by atoms with Crippen molar-refractivity contribution >= 4 is 28.5 Å². The standard InChI is InChI=1S/C27H32N2OS2/c1-19-14-16-20(17-15-19)24-26(25(30)23-13-8-18-31-23)32-27(28-21-9-4-2-5-10-21)29(24)22-11-6-3-7-12-22/h8,13-18,21-22H,2-7,9-12H2,1H3. The first-order chi connectivity index (χ1) is 15.7. The number of aryl methyl sites for hydroxylation is 1. The SMILES string of the molecule is Cc1ccc(-c2c(C(=O)c3cccs3)sc(=NC3CCCCC3)n2C2CCCCC2)cc1. The van der Waals surface area contributed by atoms with Crippen LogP contribution < -0.4 is 4.80 Å². The maximum atomic E-state index is 13.7. The maximum absolute atomic E-state index is 13.7. The predicted molar refractivity (Wildman–Crippen MR) is 135 cm³/mol. The van der Waals surface area contributed by atoms with Crippen molar-refractivity contribution in [2.75, 3.05) is 0 Å². The summed E-state index contributed by atoms with van der Waals surface area (Å²) in [5.74, 6) is 0.148. The van der Waals surface area contributed by atoms with Gasteiger partial charge < -0.3 is 4.57 Å². The highest BCUT2D eigenvalue weighted by molar-refractivity contribution is 7.15. The molecule has 0 saturated heterocycles. The fourth-order valence-corrected chi connectivity index (χ4v) is 7.16. The van der Waals surface area contributed by atoms with Crippen molar-refractivity contribution in [3.8, 4) is 11.3 Å². The molecule has 2 aliphatic carbocycles. The van der Waals surface area contributed by atoms with Crippen LogP contribution >= 0.6 is 22.7 Å². The van der Waals surface area contributed by atoms with Gasteiger partial charge in [-0.05, 0) is 49.6 Å². The third kappa shape index (κ3) is 4.55. The largest absolute Gasteiger partial charge is 0.313 e. The van der Waals surface area contributed by atoms with Crippen LogP contribution in [0.3, 0.4) is 0 Å². The predicted octanol–water partition coefficient (Wildman–Crippen LogP) is 7.56. The molecular formula is C27H32N2OS2. The van der Waals surface area contributed by atoms with Crippen LogP contribution in [-0.4, -0.2) is 16.4 Å². The third-order valence-corrected chi connectivity index (χ3v) is 8.88. The number of hydrogen-bond acceptors (Lipinski definition) is 4. The molecule has 5 rings (SSSR count). The molecular weight excluding hydrogens is 432 g/mol. The Morgan fingerprint density at radius 2 is 1.62 bits per heavy atom. The van der Waals surface area contributed by atoms with Gasteiger partial charge in [0.1, 0.15) is 4.88 Å². The second-order valence-corrected chi connectivity index (χ2v) is 11.2. The summed E-state index contributed by atoms with van der Waals surface area (Å²) < 4.78 is 2.48. The summed E-state index contributed by atoms with van der Waals surface area (Å²) in [4.78, 5) is 21.7. The van der Waals surface area contributed by atoms with E-state index in [0.717, 1.165) is 25.8 Å². The van der Waals surface area contributed by atoms with E-state index in [-0.39, 0.29) is 5.78 Å². The molecule has 2 aromatic heterocycles. The van der Waals surface area contributed by atoms with Crippen molar-refractivity contribution in [3.05, 3.63) is 61.9 Å². The number of carbonyl (C=O) groups excluding carboxylic acids is 1. The highest BCUT2D eigenvalue weighted by Gasteiger charge is 2.28. The Balaban J connectivity index is 1.72. The molecule has 0 N–H and O–H groups in total. The second kappa shape index (κ2) is 9.88. The Kier molecular flexibility index (Phi) is 6.74. The summed E-state index contributed by atoms with van der Waals surface area (Å²) in [7, 11) is 0. The van der Waals surface area contributed by atoms with Gasteiger partial charge in [-0.3, -0.25) is 9.79 Å². The van der Waals surface area contributed by atoms with E-state index in [9.17, 15) is 4.79 Å². The molecule has 2 heterocycles. The van der Waals surface area contributed by atoms with Crippen molar-refractivity contribution in [3.63, 3.8) is 0 Å². The van der Waals surface area contributed by atoms with Crippen LogP contribution in [0.15, 0.2) is 46.8 Å². The molecule has 2 saturated carbocycles. The van der Waals surface area contributed by atoms with E-state index in [4.69, 9.17) is 4.99 Å². The second-order valence-electron chi connectivity index (χ2n) is 9.32. The Bertz CT molecular complexity index is 1110. The Morgan fingerprint density at radius 1 is 0.938 bits per heavy atom. The fraction of sp³-hybridized carbons (Fsp3) is 0.481. The molecule has 0 amide bonds. The van der Waals surface area contributed by atoms with E-state index in [2.05, 4.69) is 35.8 Å². The quantitative estimate of drug-likeness (QED) is 0.359. The number of nitrogens with zero attached hydrogens (tertiary/aromatic N) is 2. The topological polar surface area (TPSA) is 34.4 Å². The van der Waals surface area contributed by atoms with E-state index in [0.29, 0.717) is 12.1 Å². The van der Waals surface area contributed by atoms with Crippen LogP contribution in [0.2, 0.25) is 0 Å². The van der Waals surface area contributed by atoms with Crippen LogP contribution in [0.25, 0.3) is 11.3 Å². The van der Waals surface area contributed by atoms with Gasteiger partial charge in [0.25, 0.3) is 0 Å². The first-order valence-electron chi connectivity index (χ1n) is 12.1. The number of ketones is 1. The molecule has 168 valence electrons. The van der Waals surface area contributed by atoms with Crippen LogP contribution in [0.5, 0.6) is 0 Å². The minimum Gasteiger partial charge on any atom is -0.313 e. The summed E-state index contributed by atoms with van der Waals surface area (Å²) in [5.41, 5.74) is 3.48. The highest BCUT2D eigenvalue weighted by Crippen LogP contribution is 2.36. The highest BCUT2D eigenvalue weighted by atomic mass is 32.1. The smallest absolute Gasteiger partial charge is 0.215 e. The van der Waals surface area contributed by atoms with E-state index >= 15 is 0 Å². The molecule has 0 unspecified atom stereocenters. The average molecular weight is 465 g/mol. The fourth-order valence-electron chi connectivity index (χ4n) is 5.18. The molecule has 1 aromatic carbocycles. The molecule has 0 bridgehead atoms. The minimum atomic E-state index is 0.148. The van der Waals surface area contributed by atoms with Crippen molar-refractivity contribution in [2.45, 2.75) is 83.2 Å². The minimum absolute atomic E-state index is 0.148. The van der Waals surface area contributed by atoms with E-state index in [1.54, 1.807) is 11.3 Å². The number of hydrogen-bond donors (Lipinski definition) is 0. The third-order valence-electron chi connectivity index (χ3n) is 6.94. The van der Waals surface area contributed by atoms with E-state index in [1.807, 2.05) is 17.5 Å². The van der Waals surface area contributed by atoms with Gasteiger partial charge in [0.15, 0.2) is 4.80 Å². The van der Waals surface area contributed by atoms with Crippen LogP contribution in [0.1, 0.15) is 90.4 Å². The van der Waals surface area contributed by atoms with Crippen molar-refractivity contribution in [1.29, 1.82) is 0 Å². The zero-order valence-corrected chi connectivity index (χ0v) is 20.5. The number of thiazole rings is 1. The summed E-state index contributed by atoms with van der Waals surface area (Å²) in [6, 6.07) is 13.5. The van der Waals surface area contributed by atoms with Gasteiger partial charge in [-0.1, -0.05) is 85.8 Å².